The van der Waals surface area contributed by atoms with E-state index in [2.05, 4.69) is 0 Å². The third kappa shape index (κ3) is 3.62. The molecule has 0 aromatic heterocycles. The van der Waals surface area contributed by atoms with Crippen molar-refractivity contribution in [3.8, 4) is 17.6 Å². The van der Waals surface area contributed by atoms with E-state index < -0.39 is 5.82 Å². The summed E-state index contributed by atoms with van der Waals surface area (Å²) in [6.07, 6.45) is 0. The van der Waals surface area contributed by atoms with Gasteiger partial charge >= 0.3 is 0 Å². The van der Waals surface area contributed by atoms with Crippen LogP contribution in [-0.4, -0.2) is 13.2 Å². The summed E-state index contributed by atoms with van der Waals surface area (Å²) in [6.45, 7) is 0.414. The van der Waals surface area contributed by atoms with Gasteiger partial charge < -0.3 is 9.47 Å². The molecule has 20 heavy (non-hydrogen) atoms. The van der Waals surface area contributed by atoms with Crippen LogP contribution in [0.2, 0.25) is 5.02 Å². The van der Waals surface area contributed by atoms with Crippen LogP contribution in [0, 0.1) is 17.1 Å². The lowest BCUT2D eigenvalue weighted by Gasteiger charge is -2.10. The van der Waals surface area contributed by atoms with Crippen LogP contribution in [0.5, 0.6) is 11.5 Å². The molecule has 0 aliphatic carbocycles. The average molecular weight is 292 g/mol. The largest absolute Gasteiger partial charge is 0.490 e. The SMILES string of the molecule is N#Cc1ccc(OCCOc2c(F)cccc2Cl)cc1. The Morgan fingerprint density at radius 3 is 2.40 bits per heavy atom. The second-order valence-corrected chi connectivity index (χ2v) is 4.29. The van der Waals surface area contributed by atoms with Crippen molar-refractivity contribution in [3.63, 3.8) is 0 Å². The zero-order valence-electron chi connectivity index (χ0n) is 10.5. The zero-order chi connectivity index (χ0) is 14.4. The van der Waals surface area contributed by atoms with E-state index in [4.69, 9.17) is 26.3 Å². The summed E-state index contributed by atoms with van der Waals surface area (Å²) < 4.78 is 24.1. The Bertz CT molecular complexity index is 603. The molecule has 0 saturated carbocycles. The van der Waals surface area contributed by atoms with Crippen LogP contribution >= 0.6 is 11.6 Å². The summed E-state index contributed by atoms with van der Waals surface area (Å²) in [6, 6.07) is 13.1. The zero-order valence-corrected chi connectivity index (χ0v) is 11.2. The third-order valence-corrected chi connectivity index (χ3v) is 2.80. The maximum atomic E-state index is 13.4. The Hall–Kier alpha value is -2.25. The number of halogens is 2. The normalized spacial score (nSPS) is 9.85. The predicted molar refractivity (Wildman–Crippen MR) is 73.6 cm³/mol. The van der Waals surface area contributed by atoms with Crippen LogP contribution < -0.4 is 9.47 Å². The molecule has 102 valence electrons. The van der Waals surface area contributed by atoms with Crippen LogP contribution in [-0.2, 0) is 0 Å². The molecule has 5 heteroatoms. The standard InChI is InChI=1S/C15H11ClFNO2/c16-13-2-1-3-14(17)15(13)20-9-8-19-12-6-4-11(10-18)5-7-12/h1-7H,8-9H2. The van der Waals surface area contributed by atoms with Crippen LogP contribution in [0.15, 0.2) is 42.5 Å². The van der Waals surface area contributed by atoms with Gasteiger partial charge in [-0.1, -0.05) is 17.7 Å². The number of hydrogen-bond acceptors (Lipinski definition) is 3. The second kappa shape index (κ2) is 6.78. The molecule has 0 unspecified atom stereocenters. The first-order valence-electron chi connectivity index (χ1n) is 5.90. The molecule has 0 atom stereocenters. The summed E-state index contributed by atoms with van der Waals surface area (Å²) in [4.78, 5) is 0. The molecule has 0 N–H and O–H groups in total. The number of para-hydroxylation sites is 1. The van der Waals surface area contributed by atoms with Crippen LogP contribution in [0.25, 0.3) is 0 Å². The number of rotatable bonds is 5. The number of ether oxygens (including phenoxy) is 2. The van der Waals surface area contributed by atoms with Gasteiger partial charge in [0.15, 0.2) is 11.6 Å². The van der Waals surface area contributed by atoms with Crippen LogP contribution in [0.3, 0.4) is 0 Å². The van der Waals surface area contributed by atoms with Crippen molar-refractivity contribution in [1.82, 2.24) is 0 Å². The van der Waals surface area contributed by atoms with Crippen LogP contribution in [0.4, 0.5) is 4.39 Å². The monoisotopic (exact) mass is 291 g/mol. The van der Waals surface area contributed by atoms with E-state index >= 15 is 0 Å². The van der Waals surface area contributed by atoms with E-state index in [0.29, 0.717) is 11.3 Å². The van der Waals surface area contributed by atoms with Crippen molar-refractivity contribution in [1.29, 1.82) is 5.26 Å². The Labute approximate surface area is 121 Å². The molecule has 2 aromatic carbocycles. The van der Waals surface area contributed by atoms with Gasteiger partial charge in [-0.2, -0.15) is 5.26 Å². The smallest absolute Gasteiger partial charge is 0.173 e. The summed E-state index contributed by atoms with van der Waals surface area (Å²) in [5.74, 6) is 0.140. The highest BCUT2D eigenvalue weighted by atomic mass is 35.5. The Kier molecular flexibility index (Phi) is 4.80. The highest BCUT2D eigenvalue weighted by Crippen LogP contribution is 2.27. The van der Waals surface area contributed by atoms with Gasteiger partial charge in [-0.3, -0.25) is 0 Å². The third-order valence-electron chi connectivity index (χ3n) is 2.50. The van der Waals surface area contributed by atoms with E-state index in [-0.39, 0.29) is 24.0 Å². The number of nitriles is 1. The molecule has 0 aliphatic heterocycles. The van der Waals surface area contributed by atoms with Crippen molar-refractivity contribution in [3.05, 3.63) is 58.9 Å². The Morgan fingerprint density at radius 1 is 1.05 bits per heavy atom. The minimum atomic E-state index is -0.504. The van der Waals surface area contributed by atoms with Gasteiger partial charge in [0.05, 0.1) is 16.7 Å². The second-order valence-electron chi connectivity index (χ2n) is 3.88. The van der Waals surface area contributed by atoms with Crippen molar-refractivity contribution in [2.45, 2.75) is 0 Å². The quantitative estimate of drug-likeness (QED) is 0.787. The molecule has 0 radical (unpaired) electrons. The average Bonchev–Trinajstić information content (AvgIpc) is 2.46. The van der Waals surface area contributed by atoms with Crippen molar-refractivity contribution >= 4 is 11.6 Å². The number of hydrogen-bond donors (Lipinski definition) is 0. The summed E-state index contributed by atoms with van der Waals surface area (Å²) in [5, 5.41) is 8.89. The molecule has 0 spiro atoms. The van der Waals surface area contributed by atoms with Crippen molar-refractivity contribution in [2.24, 2.45) is 0 Å². The summed E-state index contributed by atoms with van der Waals surface area (Å²) in [7, 11) is 0. The van der Waals surface area contributed by atoms with Crippen molar-refractivity contribution in [2.75, 3.05) is 13.2 Å². The van der Waals surface area contributed by atoms with Gasteiger partial charge in [0.1, 0.15) is 19.0 Å². The lowest BCUT2D eigenvalue weighted by Crippen LogP contribution is -2.10. The fourth-order valence-corrected chi connectivity index (χ4v) is 1.77. The molecule has 2 rings (SSSR count). The van der Waals surface area contributed by atoms with Crippen LogP contribution in [0.1, 0.15) is 5.56 Å². The Morgan fingerprint density at radius 2 is 1.75 bits per heavy atom. The Balaban J connectivity index is 1.83. The molecule has 0 fully saturated rings. The molecule has 0 aliphatic rings. The molecule has 0 saturated heterocycles. The van der Waals surface area contributed by atoms with Gasteiger partial charge in [0.2, 0.25) is 0 Å². The highest BCUT2D eigenvalue weighted by molar-refractivity contribution is 6.32. The van der Waals surface area contributed by atoms with E-state index in [1.807, 2.05) is 6.07 Å². The highest BCUT2D eigenvalue weighted by Gasteiger charge is 2.07. The first-order chi connectivity index (χ1) is 9.70. The summed E-state index contributed by atoms with van der Waals surface area (Å²) >= 11 is 5.82. The minimum absolute atomic E-state index is 0.0256. The van der Waals surface area contributed by atoms with Gasteiger partial charge in [-0.25, -0.2) is 4.39 Å². The number of benzene rings is 2. The lowest BCUT2D eigenvalue weighted by atomic mass is 10.2. The topological polar surface area (TPSA) is 42.2 Å². The molecule has 3 nitrogen and oxygen atoms in total. The number of nitrogens with zero attached hydrogens (tertiary/aromatic N) is 1. The minimum Gasteiger partial charge on any atom is -0.490 e. The van der Waals surface area contributed by atoms with Gasteiger partial charge in [0, 0.05) is 0 Å². The summed E-state index contributed by atoms with van der Waals surface area (Å²) in [5.41, 5.74) is 0.562. The van der Waals surface area contributed by atoms with Gasteiger partial charge in [-0.15, -0.1) is 0 Å². The van der Waals surface area contributed by atoms with Gasteiger partial charge in [-0.05, 0) is 36.4 Å². The van der Waals surface area contributed by atoms with E-state index in [1.165, 1.54) is 12.1 Å². The van der Waals surface area contributed by atoms with Gasteiger partial charge in [0.25, 0.3) is 0 Å². The van der Waals surface area contributed by atoms with E-state index in [9.17, 15) is 4.39 Å². The molecular weight excluding hydrogens is 281 g/mol. The first-order valence-corrected chi connectivity index (χ1v) is 6.28. The fourth-order valence-electron chi connectivity index (χ4n) is 1.55. The molecule has 0 heterocycles. The predicted octanol–water partition coefficient (Wildman–Crippen LogP) is 3.81. The maximum Gasteiger partial charge on any atom is 0.173 e. The van der Waals surface area contributed by atoms with E-state index in [1.54, 1.807) is 30.3 Å². The maximum absolute atomic E-state index is 13.4. The first kappa shape index (κ1) is 14.2. The fraction of sp³-hybridized carbons (Fsp3) is 0.133. The molecule has 2 aromatic rings. The molecule has 0 amide bonds. The van der Waals surface area contributed by atoms with E-state index in [0.717, 1.165) is 0 Å². The molecule has 0 bridgehead atoms. The van der Waals surface area contributed by atoms with Crippen molar-refractivity contribution < 1.29 is 13.9 Å². The molecular formula is C15H11ClFNO2. The lowest BCUT2D eigenvalue weighted by molar-refractivity contribution is 0.211.